The van der Waals surface area contributed by atoms with Crippen molar-refractivity contribution in [1.29, 1.82) is 5.26 Å². The fraction of sp³-hybridized carbons (Fsp3) is 0.200. The first-order valence-electron chi connectivity index (χ1n) is 8.31. The second-order valence-corrected chi connectivity index (χ2v) is 6.40. The number of halogens is 1. The predicted molar refractivity (Wildman–Crippen MR) is 96.0 cm³/mol. The molecule has 1 aliphatic heterocycles. The maximum Gasteiger partial charge on any atom is 0.325 e. The maximum absolute atomic E-state index is 13.5. The Morgan fingerprint density at radius 1 is 1.25 bits per heavy atom. The normalized spacial score (nSPS) is 18.6. The summed E-state index contributed by atoms with van der Waals surface area (Å²) in [6.45, 7) is 0.957. The third kappa shape index (κ3) is 3.18. The molecule has 2 aromatic rings. The lowest BCUT2D eigenvalue weighted by Crippen LogP contribution is -2.41. The first-order valence-corrected chi connectivity index (χ1v) is 8.31. The molecule has 2 aromatic carbocycles. The van der Waals surface area contributed by atoms with Crippen LogP contribution < -0.4 is 10.1 Å². The molecule has 3 rings (SSSR count). The molecule has 0 aromatic heterocycles. The Morgan fingerprint density at radius 3 is 2.54 bits per heavy atom. The standard InChI is InChI=1S/C20H16FN3O4/c1-20(13-5-3-12(10-22)4-6-13)18(26)24(19(27)23-20)11-16(25)15-9-14(21)7-8-17(15)28-2/h3-9H,11H2,1-2H3,(H,23,27)/t20-/m1/s1. The van der Waals surface area contributed by atoms with Crippen LogP contribution in [0.5, 0.6) is 5.75 Å². The van der Waals surface area contributed by atoms with Crippen molar-refractivity contribution < 1.29 is 23.5 Å². The minimum absolute atomic E-state index is 0.0601. The number of hydrogen-bond acceptors (Lipinski definition) is 5. The highest BCUT2D eigenvalue weighted by atomic mass is 19.1. The summed E-state index contributed by atoms with van der Waals surface area (Å²) in [7, 11) is 1.33. The van der Waals surface area contributed by atoms with Crippen LogP contribution in [-0.4, -0.2) is 36.3 Å². The van der Waals surface area contributed by atoms with Crippen LogP contribution in [0.4, 0.5) is 9.18 Å². The van der Waals surface area contributed by atoms with Crippen LogP contribution >= 0.6 is 0 Å². The Kier molecular flexibility index (Phi) is 4.84. The number of imide groups is 1. The molecule has 1 N–H and O–H groups in total. The number of methoxy groups -OCH3 is 1. The van der Waals surface area contributed by atoms with E-state index in [0.717, 1.165) is 17.0 Å². The van der Waals surface area contributed by atoms with Crippen molar-refractivity contribution in [2.45, 2.75) is 12.5 Å². The van der Waals surface area contributed by atoms with E-state index in [1.54, 1.807) is 12.1 Å². The van der Waals surface area contributed by atoms with Gasteiger partial charge in [-0.2, -0.15) is 5.26 Å². The molecule has 3 amide bonds. The predicted octanol–water partition coefficient (Wildman–Crippen LogP) is 2.36. The number of ether oxygens (including phenoxy) is 1. The van der Waals surface area contributed by atoms with E-state index in [9.17, 15) is 18.8 Å². The molecule has 1 saturated heterocycles. The molecule has 1 heterocycles. The summed E-state index contributed by atoms with van der Waals surface area (Å²) in [6.07, 6.45) is 0. The molecule has 0 radical (unpaired) electrons. The summed E-state index contributed by atoms with van der Waals surface area (Å²) in [5.41, 5.74) is -0.551. The molecule has 1 atom stereocenters. The summed E-state index contributed by atoms with van der Waals surface area (Å²) >= 11 is 0. The van der Waals surface area contributed by atoms with E-state index in [1.165, 1.54) is 32.2 Å². The monoisotopic (exact) mass is 381 g/mol. The lowest BCUT2D eigenvalue weighted by molar-refractivity contribution is -0.130. The van der Waals surface area contributed by atoms with Crippen LogP contribution in [-0.2, 0) is 10.3 Å². The Balaban J connectivity index is 1.87. The van der Waals surface area contributed by atoms with Crippen molar-refractivity contribution in [3.05, 3.63) is 65.0 Å². The Labute approximate surface area is 160 Å². The van der Waals surface area contributed by atoms with E-state index < -0.39 is 35.6 Å². The average Bonchev–Trinajstić information content (AvgIpc) is 2.92. The fourth-order valence-electron chi connectivity index (χ4n) is 3.04. The highest BCUT2D eigenvalue weighted by Crippen LogP contribution is 2.29. The quantitative estimate of drug-likeness (QED) is 0.633. The molecule has 28 heavy (non-hydrogen) atoms. The number of urea groups is 1. The molecule has 142 valence electrons. The summed E-state index contributed by atoms with van der Waals surface area (Å²) in [5.74, 6) is -1.74. The fourth-order valence-corrected chi connectivity index (χ4v) is 3.04. The largest absolute Gasteiger partial charge is 0.496 e. The van der Waals surface area contributed by atoms with E-state index in [0.29, 0.717) is 11.1 Å². The summed E-state index contributed by atoms with van der Waals surface area (Å²) in [6, 6.07) is 10.9. The van der Waals surface area contributed by atoms with Gasteiger partial charge in [0.2, 0.25) is 0 Å². The topological polar surface area (TPSA) is 99.5 Å². The van der Waals surface area contributed by atoms with E-state index in [2.05, 4.69) is 5.32 Å². The lowest BCUT2D eigenvalue weighted by Gasteiger charge is -2.22. The van der Waals surface area contributed by atoms with Gasteiger partial charge in [0.15, 0.2) is 5.78 Å². The molecule has 0 saturated carbocycles. The SMILES string of the molecule is COc1ccc(F)cc1C(=O)CN1C(=O)N[C@](C)(c2ccc(C#N)cc2)C1=O. The van der Waals surface area contributed by atoms with E-state index in [1.807, 2.05) is 6.07 Å². The number of hydrogen-bond donors (Lipinski definition) is 1. The summed E-state index contributed by atoms with van der Waals surface area (Å²) < 4.78 is 18.6. The Morgan fingerprint density at radius 2 is 1.93 bits per heavy atom. The van der Waals surface area contributed by atoms with Crippen LogP contribution in [0.2, 0.25) is 0 Å². The van der Waals surface area contributed by atoms with Gasteiger partial charge in [-0.15, -0.1) is 0 Å². The zero-order chi connectivity index (χ0) is 20.5. The van der Waals surface area contributed by atoms with Crippen molar-refractivity contribution >= 4 is 17.7 Å². The summed E-state index contributed by atoms with van der Waals surface area (Å²) in [4.78, 5) is 38.7. The number of carbonyl (C=O) groups is 3. The van der Waals surface area contributed by atoms with Crippen molar-refractivity contribution in [1.82, 2.24) is 10.2 Å². The number of ketones is 1. The zero-order valence-corrected chi connectivity index (χ0v) is 15.2. The number of nitrogens with zero attached hydrogens (tertiary/aromatic N) is 2. The smallest absolute Gasteiger partial charge is 0.325 e. The second kappa shape index (κ2) is 7.12. The minimum Gasteiger partial charge on any atom is -0.496 e. The number of nitrogens with one attached hydrogen (secondary N) is 1. The molecule has 0 spiro atoms. The van der Waals surface area contributed by atoms with Gasteiger partial charge in [-0.3, -0.25) is 14.5 Å². The van der Waals surface area contributed by atoms with Gasteiger partial charge in [0.1, 0.15) is 17.1 Å². The number of rotatable bonds is 5. The van der Waals surface area contributed by atoms with Crippen LogP contribution in [0, 0.1) is 17.1 Å². The first kappa shape index (κ1) is 19.0. The Hall–Kier alpha value is -3.73. The third-order valence-corrected chi connectivity index (χ3v) is 4.63. The van der Waals surface area contributed by atoms with Crippen LogP contribution in [0.1, 0.15) is 28.4 Å². The molecule has 0 unspecified atom stereocenters. The molecule has 0 bridgehead atoms. The van der Waals surface area contributed by atoms with Crippen molar-refractivity contribution in [3.8, 4) is 11.8 Å². The Bertz CT molecular complexity index is 1010. The van der Waals surface area contributed by atoms with Gasteiger partial charge in [-0.25, -0.2) is 9.18 Å². The number of amides is 3. The maximum atomic E-state index is 13.5. The molecule has 8 heteroatoms. The van der Waals surface area contributed by atoms with E-state index >= 15 is 0 Å². The van der Waals surface area contributed by atoms with Crippen LogP contribution in [0.3, 0.4) is 0 Å². The number of nitriles is 1. The molecule has 1 fully saturated rings. The van der Waals surface area contributed by atoms with E-state index in [-0.39, 0.29) is 11.3 Å². The second-order valence-electron chi connectivity index (χ2n) is 6.40. The van der Waals surface area contributed by atoms with Crippen molar-refractivity contribution in [3.63, 3.8) is 0 Å². The summed E-state index contributed by atoms with van der Waals surface area (Å²) in [5, 5.41) is 11.5. The molecular formula is C20H16FN3O4. The average molecular weight is 381 g/mol. The highest BCUT2D eigenvalue weighted by molar-refractivity contribution is 6.11. The van der Waals surface area contributed by atoms with E-state index in [4.69, 9.17) is 10.00 Å². The van der Waals surface area contributed by atoms with Crippen molar-refractivity contribution in [2.75, 3.05) is 13.7 Å². The van der Waals surface area contributed by atoms with Crippen molar-refractivity contribution in [2.24, 2.45) is 0 Å². The molecular weight excluding hydrogens is 365 g/mol. The minimum atomic E-state index is -1.38. The van der Waals surface area contributed by atoms with Gasteiger partial charge in [0, 0.05) is 0 Å². The number of Topliss-reactive ketones (excluding diaryl/α,β-unsaturated/α-hetero) is 1. The first-order chi connectivity index (χ1) is 13.3. The van der Waals surface area contributed by atoms with Crippen LogP contribution in [0.15, 0.2) is 42.5 Å². The molecule has 1 aliphatic rings. The zero-order valence-electron chi connectivity index (χ0n) is 15.2. The molecule has 0 aliphatic carbocycles. The lowest BCUT2D eigenvalue weighted by atomic mass is 9.91. The highest BCUT2D eigenvalue weighted by Gasteiger charge is 2.49. The van der Waals surface area contributed by atoms with Gasteiger partial charge in [0.05, 0.1) is 30.9 Å². The third-order valence-electron chi connectivity index (χ3n) is 4.63. The van der Waals surface area contributed by atoms with Gasteiger partial charge in [0.25, 0.3) is 5.91 Å². The molecule has 7 nitrogen and oxygen atoms in total. The number of benzene rings is 2. The van der Waals surface area contributed by atoms with Crippen LogP contribution in [0.25, 0.3) is 0 Å². The number of carbonyl (C=O) groups excluding carboxylic acids is 3. The van der Waals surface area contributed by atoms with Gasteiger partial charge < -0.3 is 10.1 Å². The van der Waals surface area contributed by atoms with Gasteiger partial charge in [-0.1, -0.05) is 12.1 Å². The van der Waals surface area contributed by atoms with Gasteiger partial charge in [-0.05, 0) is 42.8 Å². The van der Waals surface area contributed by atoms with Gasteiger partial charge >= 0.3 is 6.03 Å².